The molecule has 222 valence electrons. The zero-order valence-corrected chi connectivity index (χ0v) is 21.9. The number of carbonyl (C=O) groups is 2. The monoisotopic (exact) mass is 615 g/mol. The molecular weight excluding hydrogens is 597 g/mol. The third-order valence-electron chi connectivity index (χ3n) is 5.75. The van der Waals surface area contributed by atoms with Crippen molar-refractivity contribution in [2.24, 2.45) is 0 Å². The van der Waals surface area contributed by atoms with E-state index in [1.54, 1.807) is 6.92 Å². The first-order chi connectivity index (χ1) is 19.6. The van der Waals surface area contributed by atoms with Gasteiger partial charge in [-0.3, -0.25) is 4.74 Å². The Kier molecular flexibility index (Phi) is 8.09. The fourth-order valence-corrected chi connectivity index (χ4v) is 5.25. The van der Waals surface area contributed by atoms with Crippen LogP contribution in [0.5, 0.6) is 11.5 Å². The van der Waals surface area contributed by atoms with Crippen molar-refractivity contribution in [3.63, 3.8) is 0 Å². The van der Waals surface area contributed by atoms with E-state index < -0.39 is 70.4 Å². The Bertz CT molecular complexity index is 1750. The highest BCUT2D eigenvalue weighted by Crippen LogP contribution is 2.38. The molecule has 2 aromatic heterocycles. The van der Waals surface area contributed by atoms with Crippen LogP contribution in [-0.2, 0) is 21.2 Å². The van der Waals surface area contributed by atoms with Crippen molar-refractivity contribution in [2.75, 3.05) is 11.5 Å². The Morgan fingerprint density at radius 1 is 1.02 bits per heavy atom. The summed E-state index contributed by atoms with van der Waals surface area (Å²) in [7, 11) is -4.38. The largest absolute Gasteiger partial charge is 0.522 e. The minimum absolute atomic E-state index is 0.103. The number of ether oxygens (including phenoxy) is 2. The molecule has 4 aromatic rings. The number of carboxylic acid groups (broad SMARTS) is 2. The van der Waals surface area contributed by atoms with Gasteiger partial charge in [0.25, 0.3) is 10.0 Å². The molecule has 0 bridgehead atoms. The molecule has 2 N–H and O–H groups in total. The summed E-state index contributed by atoms with van der Waals surface area (Å²) in [6, 6.07) is 7.43. The van der Waals surface area contributed by atoms with Crippen LogP contribution in [0, 0.1) is 18.6 Å². The van der Waals surface area contributed by atoms with Crippen LogP contribution >= 0.6 is 0 Å². The number of halogens is 5. The van der Waals surface area contributed by atoms with Crippen LogP contribution in [-0.4, -0.2) is 52.7 Å². The van der Waals surface area contributed by atoms with E-state index >= 15 is 0 Å². The Labute approximate surface area is 233 Å². The van der Waals surface area contributed by atoms with Gasteiger partial charge in [0.1, 0.15) is 5.75 Å². The van der Waals surface area contributed by atoms with Crippen molar-refractivity contribution in [2.45, 2.75) is 24.6 Å². The molecular formula is C25H18F5N3O8S. The normalized spacial score (nSPS) is 12.0. The molecule has 0 aliphatic rings. The van der Waals surface area contributed by atoms with Crippen LogP contribution in [0.25, 0.3) is 11.0 Å². The highest BCUT2D eigenvalue weighted by atomic mass is 32.2. The number of hydrogen-bond acceptors (Lipinski definition) is 7. The second kappa shape index (κ2) is 11.2. The van der Waals surface area contributed by atoms with Gasteiger partial charge >= 0.3 is 18.5 Å². The lowest BCUT2D eigenvalue weighted by atomic mass is 10.1. The average Bonchev–Trinajstić information content (AvgIpc) is 3.25. The number of benzene rings is 2. The van der Waals surface area contributed by atoms with E-state index in [9.17, 15) is 40.0 Å². The summed E-state index contributed by atoms with van der Waals surface area (Å²) in [5, 5.41) is 17.9. The van der Waals surface area contributed by atoms with Crippen LogP contribution in [0.3, 0.4) is 0 Å². The maximum absolute atomic E-state index is 14.9. The smallest absolute Gasteiger partial charge is 0.464 e. The number of nitrogens with zero attached hydrogens (tertiary/aromatic N) is 3. The van der Waals surface area contributed by atoms with Gasteiger partial charge < -0.3 is 14.9 Å². The number of imide groups is 1. The molecule has 0 saturated heterocycles. The van der Waals surface area contributed by atoms with Gasteiger partial charge in [-0.15, -0.1) is 13.2 Å². The number of anilines is 1. The van der Waals surface area contributed by atoms with Crippen LogP contribution in [0.2, 0.25) is 0 Å². The zero-order valence-electron chi connectivity index (χ0n) is 21.1. The van der Waals surface area contributed by atoms with E-state index in [1.165, 1.54) is 24.3 Å². The van der Waals surface area contributed by atoms with Gasteiger partial charge in [0.2, 0.25) is 0 Å². The highest BCUT2D eigenvalue weighted by Gasteiger charge is 2.31. The molecule has 4 rings (SSSR count). The summed E-state index contributed by atoms with van der Waals surface area (Å²) in [4.78, 5) is 25.9. The quantitative estimate of drug-likeness (QED) is 0.231. The second-order valence-electron chi connectivity index (χ2n) is 8.56. The number of aryl methyl sites for hydroxylation is 1. The van der Waals surface area contributed by atoms with Gasteiger partial charge in [-0.2, -0.15) is 4.90 Å². The third-order valence-corrected chi connectivity index (χ3v) is 7.41. The van der Waals surface area contributed by atoms with Crippen LogP contribution < -0.4 is 9.64 Å². The fraction of sp³-hybridized carbons (Fsp3) is 0.160. The van der Waals surface area contributed by atoms with E-state index in [1.807, 2.05) is 0 Å². The van der Waals surface area contributed by atoms with Gasteiger partial charge in [0.05, 0.1) is 22.6 Å². The van der Waals surface area contributed by atoms with Crippen molar-refractivity contribution < 1.29 is 59.6 Å². The fourth-order valence-electron chi connectivity index (χ4n) is 3.91. The van der Waals surface area contributed by atoms with Crippen molar-refractivity contribution in [1.29, 1.82) is 0 Å². The van der Waals surface area contributed by atoms with Gasteiger partial charge in [0.15, 0.2) is 23.0 Å². The molecule has 2 amide bonds. The molecule has 0 fully saturated rings. The van der Waals surface area contributed by atoms with E-state index in [2.05, 4.69) is 9.72 Å². The number of amides is 2. The minimum Gasteiger partial charge on any atom is -0.464 e. The predicted molar refractivity (Wildman–Crippen MR) is 134 cm³/mol. The summed E-state index contributed by atoms with van der Waals surface area (Å²) in [5.41, 5.74) is -0.614. The van der Waals surface area contributed by atoms with Crippen LogP contribution in [0.1, 0.15) is 11.1 Å². The summed E-state index contributed by atoms with van der Waals surface area (Å²) < 4.78 is 105. The second-order valence-corrected chi connectivity index (χ2v) is 10.4. The van der Waals surface area contributed by atoms with Crippen molar-refractivity contribution in [3.8, 4) is 11.5 Å². The molecule has 0 aliphatic heterocycles. The third kappa shape index (κ3) is 6.10. The molecule has 0 aliphatic carbocycles. The molecule has 0 radical (unpaired) electrons. The van der Waals surface area contributed by atoms with Gasteiger partial charge in [-0.25, -0.2) is 35.7 Å². The van der Waals surface area contributed by atoms with E-state index in [0.29, 0.717) is 16.1 Å². The van der Waals surface area contributed by atoms with Crippen molar-refractivity contribution in [1.82, 2.24) is 8.96 Å². The number of fused-ring (bicyclic) bond motifs is 1. The first-order valence-electron chi connectivity index (χ1n) is 11.5. The topological polar surface area (TPSA) is 148 Å². The molecule has 0 spiro atoms. The lowest BCUT2D eigenvalue weighted by molar-refractivity contribution is -0.324. The summed E-state index contributed by atoms with van der Waals surface area (Å²) in [5.74, 6) is -4.67. The first kappa shape index (κ1) is 30.2. The number of hydrogen-bond donors (Lipinski definition) is 2. The average molecular weight is 615 g/mol. The van der Waals surface area contributed by atoms with Gasteiger partial charge in [-0.05, 0) is 37.1 Å². The molecule has 2 aromatic carbocycles. The number of alkyl halides is 3. The maximum Gasteiger partial charge on any atom is 0.522 e. The van der Waals surface area contributed by atoms with E-state index in [-0.39, 0.29) is 26.4 Å². The molecule has 0 unspecified atom stereocenters. The Morgan fingerprint density at radius 3 is 2.17 bits per heavy atom. The minimum atomic E-state index is -5.00. The van der Waals surface area contributed by atoms with Gasteiger partial charge in [0, 0.05) is 24.5 Å². The summed E-state index contributed by atoms with van der Waals surface area (Å²) in [6.45, 7) is 0.760. The summed E-state index contributed by atoms with van der Waals surface area (Å²) in [6.07, 6.45) is -7.63. The summed E-state index contributed by atoms with van der Waals surface area (Å²) >= 11 is 0. The number of rotatable bonds is 8. The molecule has 0 atom stereocenters. The van der Waals surface area contributed by atoms with E-state index in [4.69, 9.17) is 14.9 Å². The zero-order chi connectivity index (χ0) is 31.0. The Morgan fingerprint density at radius 2 is 1.62 bits per heavy atom. The SMILES string of the molecule is Cc1ccc(S(=O)(=O)n2cc(CCOC(F)(F)F)c3c(Oc4c(F)cc(N(C(=O)O)C(=O)O)cc4F)ccnc32)cc1. The standard InChI is InChI=1S/C25H18F5N3O8S/c1-13-2-4-16(5-3-13)42(38,39)32-12-14(7-9-40-25(28,29)30)20-19(6-8-31-22(20)32)41-21-17(26)10-15(11-18(21)27)33(23(34)35)24(36)37/h2-6,8,10-12H,7,9H2,1H3,(H,34,35)(H,36,37). The Hall–Kier alpha value is -4.77. The molecule has 2 heterocycles. The van der Waals surface area contributed by atoms with Crippen molar-refractivity contribution in [3.05, 3.63) is 77.6 Å². The first-order valence-corrected chi connectivity index (χ1v) is 13.0. The van der Waals surface area contributed by atoms with Crippen LogP contribution in [0.15, 0.2) is 59.8 Å². The van der Waals surface area contributed by atoms with Gasteiger partial charge in [-0.1, -0.05) is 17.7 Å². The predicted octanol–water partition coefficient (Wildman–Crippen LogP) is 5.89. The Balaban J connectivity index is 1.85. The number of pyridine rings is 1. The molecule has 42 heavy (non-hydrogen) atoms. The molecule has 11 nitrogen and oxygen atoms in total. The lowest BCUT2D eigenvalue weighted by Gasteiger charge is -2.16. The van der Waals surface area contributed by atoms with E-state index in [0.717, 1.165) is 24.0 Å². The number of aromatic nitrogens is 2. The molecule has 17 heteroatoms. The lowest BCUT2D eigenvalue weighted by Crippen LogP contribution is -2.34. The van der Waals surface area contributed by atoms with Crippen molar-refractivity contribution >= 4 is 38.9 Å². The highest BCUT2D eigenvalue weighted by molar-refractivity contribution is 7.90. The van der Waals surface area contributed by atoms with Crippen LogP contribution in [0.4, 0.5) is 37.2 Å². The maximum atomic E-state index is 14.9. The molecule has 0 saturated carbocycles.